The van der Waals surface area contributed by atoms with Gasteiger partial charge in [0.05, 0.1) is 14.2 Å². The summed E-state index contributed by atoms with van der Waals surface area (Å²) in [6.07, 6.45) is 0. The zero-order valence-electron chi connectivity index (χ0n) is 17.8. The lowest BCUT2D eigenvalue weighted by molar-refractivity contribution is -0.159. The predicted molar refractivity (Wildman–Crippen MR) is 120 cm³/mol. The average molecular weight is 509 g/mol. The van der Waals surface area contributed by atoms with E-state index in [1.807, 2.05) is 4.90 Å². The van der Waals surface area contributed by atoms with Crippen LogP contribution < -0.4 is 9.47 Å². The Balaban J connectivity index is 0.000000534. The number of hydrogen-bond acceptors (Lipinski definition) is 6. The Morgan fingerprint density at radius 3 is 1.81 bits per heavy atom. The third kappa shape index (κ3) is 7.54. The molecule has 172 valence electrons. The lowest BCUT2D eigenvalue weighted by atomic mass is 10.1. The Morgan fingerprint density at radius 1 is 0.875 bits per heavy atom. The number of nitrogens with zero attached hydrogens (tertiary/aromatic N) is 2. The monoisotopic (exact) mass is 508 g/mol. The Labute approximate surface area is 194 Å². The van der Waals surface area contributed by atoms with Crippen LogP contribution in [0.2, 0.25) is 0 Å². The molecule has 0 aromatic heterocycles. The summed E-state index contributed by atoms with van der Waals surface area (Å²) < 4.78 is 11.6. The summed E-state index contributed by atoms with van der Waals surface area (Å²) in [5, 5.41) is 14.8. The molecule has 0 bridgehead atoms. The highest BCUT2D eigenvalue weighted by Gasteiger charge is 2.23. The highest BCUT2D eigenvalue weighted by Crippen LogP contribution is 2.24. The van der Waals surface area contributed by atoms with E-state index in [0.29, 0.717) is 17.1 Å². The fraction of sp³-hybridized carbons (Fsp3) is 0.318. The maximum absolute atomic E-state index is 12.8. The van der Waals surface area contributed by atoms with Crippen LogP contribution in [0.5, 0.6) is 11.5 Å². The molecule has 1 aliphatic heterocycles. The van der Waals surface area contributed by atoms with Crippen LogP contribution in [-0.4, -0.2) is 78.3 Å². The largest absolute Gasteiger partial charge is 0.497 e. The fourth-order valence-electron chi connectivity index (χ4n) is 3.07. The van der Waals surface area contributed by atoms with Crippen molar-refractivity contribution in [2.24, 2.45) is 0 Å². The van der Waals surface area contributed by atoms with E-state index in [1.54, 1.807) is 32.4 Å². The first-order valence-electron chi connectivity index (χ1n) is 9.69. The number of ether oxygens (including phenoxy) is 2. The van der Waals surface area contributed by atoms with Crippen molar-refractivity contribution in [3.05, 3.63) is 58.1 Å². The van der Waals surface area contributed by atoms with E-state index in [9.17, 15) is 4.79 Å². The van der Waals surface area contributed by atoms with E-state index in [1.165, 1.54) is 5.56 Å². The Hall–Kier alpha value is -3.11. The highest BCUT2D eigenvalue weighted by atomic mass is 79.9. The van der Waals surface area contributed by atoms with Crippen molar-refractivity contribution in [3.8, 4) is 11.5 Å². The molecular weight excluding hydrogens is 484 g/mol. The minimum absolute atomic E-state index is 0.0190. The number of carboxylic acids is 2. The molecule has 10 heteroatoms. The van der Waals surface area contributed by atoms with Gasteiger partial charge in [-0.2, -0.15) is 0 Å². The third-order valence-corrected chi connectivity index (χ3v) is 5.29. The summed E-state index contributed by atoms with van der Waals surface area (Å²) in [7, 11) is 3.17. The predicted octanol–water partition coefficient (Wildman–Crippen LogP) is 2.58. The van der Waals surface area contributed by atoms with Crippen molar-refractivity contribution in [1.29, 1.82) is 0 Å². The summed E-state index contributed by atoms with van der Waals surface area (Å²) in [4.78, 5) is 35.3. The van der Waals surface area contributed by atoms with Crippen molar-refractivity contribution in [2.75, 3.05) is 40.4 Å². The van der Waals surface area contributed by atoms with Gasteiger partial charge in [-0.3, -0.25) is 9.69 Å². The topological polar surface area (TPSA) is 117 Å². The number of carbonyl (C=O) groups is 3. The molecule has 2 N–H and O–H groups in total. The van der Waals surface area contributed by atoms with Crippen LogP contribution in [0.1, 0.15) is 15.9 Å². The number of carboxylic acid groups (broad SMARTS) is 2. The van der Waals surface area contributed by atoms with Crippen molar-refractivity contribution >= 4 is 33.8 Å². The number of rotatable bonds is 5. The first-order chi connectivity index (χ1) is 15.2. The Morgan fingerprint density at radius 2 is 1.38 bits per heavy atom. The third-order valence-electron chi connectivity index (χ3n) is 4.76. The van der Waals surface area contributed by atoms with E-state index < -0.39 is 11.9 Å². The molecule has 2 aromatic rings. The van der Waals surface area contributed by atoms with Crippen LogP contribution in [0.25, 0.3) is 0 Å². The minimum atomic E-state index is -1.82. The van der Waals surface area contributed by atoms with Crippen LogP contribution in [-0.2, 0) is 16.1 Å². The summed E-state index contributed by atoms with van der Waals surface area (Å²) in [5.74, 6) is -2.38. The average Bonchev–Trinajstić information content (AvgIpc) is 2.80. The smallest absolute Gasteiger partial charge is 0.414 e. The number of methoxy groups -OCH3 is 2. The second kappa shape index (κ2) is 12.1. The van der Waals surface area contributed by atoms with Gasteiger partial charge in [0.2, 0.25) is 0 Å². The molecule has 1 saturated heterocycles. The van der Waals surface area contributed by atoms with Crippen LogP contribution in [0, 0.1) is 0 Å². The molecule has 0 spiro atoms. The molecule has 1 amide bonds. The van der Waals surface area contributed by atoms with Gasteiger partial charge in [-0.25, -0.2) is 9.59 Å². The second-order valence-electron chi connectivity index (χ2n) is 6.91. The molecule has 1 aliphatic rings. The van der Waals surface area contributed by atoms with Gasteiger partial charge < -0.3 is 24.6 Å². The maximum atomic E-state index is 12.8. The molecular formula is C22H25BrN2O7. The molecule has 0 saturated carbocycles. The number of carbonyl (C=O) groups excluding carboxylic acids is 1. The van der Waals surface area contributed by atoms with Gasteiger partial charge in [-0.15, -0.1) is 0 Å². The summed E-state index contributed by atoms with van der Waals surface area (Å²) in [6.45, 7) is 4.07. The summed E-state index contributed by atoms with van der Waals surface area (Å²) in [5.41, 5.74) is 1.88. The first kappa shape index (κ1) is 25.2. The van der Waals surface area contributed by atoms with Gasteiger partial charge in [0, 0.05) is 48.8 Å². The Kier molecular flexibility index (Phi) is 9.48. The van der Waals surface area contributed by atoms with Gasteiger partial charge in [-0.05, 0) is 29.8 Å². The highest BCUT2D eigenvalue weighted by molar-refractivity contribution is 9.10. The van der Waals surface area contributed by atoms with Crippen LogP contribution in [0.3, 0.4) is 0 Å². The van der Waals surface area contributed by atoms with E-state index in [-0.39, 0.29) is 5.91 Å². The van der Waals surface area contributed by atoms with Crippen molar-refractivity contribution in [3.63, 3.8) is 0 Å². The molecule has 0 aliphatic carbocycles. The molecule has 9 nitrogen and oxygen atoms in total. The van der Waals surface area contributed by atoms with E-state index in [4.69, 9.17) is 29.3 Å². The lowest BCUT2D eigenvalue weighted by Gasteiger charge is -2.35. The van der Waals surface area contributed by atoms with E-state index in [2.05, 4.69) is 45.1 Å². The zero-order chi connectivity index (χ0) is 23.7. The Bertz CT molecular complexity index is 908. The van der Waals surface area contributed by atoms with Gasteiger partial charge in [0.25, 0.3) is 5.91 Å². The molecule has 2 aromatic carbocycles. The van der Waals surface area contributed by atoms with Crippen LogP contribution in [0.15, 0.2) is 46.9 Å². The fourth-order valence-corrected chi connectivity index (χ4v) is 3.33. The second-order valence-corrected chi connectivity index (χ2v) is 7.82. The number of amides is 1. The van der Waals surface area contributed by atoms with Crippen LogP contribution in [0.4, 0.5) is 0 Å². The molecule has 0 unspecified atom stereocenters. The van der Waals surface area contributed by atoms with Crippen molar-refractivity contribution in [2.45, 2.75) is 6.54 Å². The molecule has 0 radical (unpaired) electrons. The molecule has 0 atom stereocenters. The number of halogens is 1. The maximum Gasteiger partial charge on any atom is 0.414 e. The quantitative estimate of drug-likeness (QED) is 0.591. The van der Waals surface area contributed by atoms with Crippen molar-refractivity contribution in [1.82, 2.24) is 9.80 Å². The van der Waals surface area contributed by atoms with E-state index in [0.717, 1.165) is 37.2 Å². The molecule has 3 rings (SSSR count). The van der Waals surface area contributed by atoms with Crippen molar-refractivity contribution < 1.29 is 34.1 Å². The first-order valence-corrected chi connectivity index (χ1v) is 10.5. The number of benzene rings is 2. The number of aliphatic carboxylic acids is 2. The van der Waals surface area contributed by atoms with Gasteiger partial charge in [0.1, 0.15) is 11.5 Å². The molecule has 32 heavy (non-hydrogen) atoms. The SMILES string of the molecule is COc1cc(OC)cc(C(=O)N2CCN(Cc3ccc(Br)cc3)CC2)c1.O=C(O)C(=O)O. The van der Waals surface area contributed by atoms with Gasteiger partial charge in [-0.1, -0.05) is 28.1 Å². The van der Waals surface area contributed by atoms with E-state index >= 15 is 0 Å². The number of piperazine rings is 1. The number of hydrogen-bond donors (Lipinski definition) is 2. The van der Waals surface area contributed by atoms with Crippen LogP contribution >= 0.6 is 15.9 Å². The zero-order valence-corrected chi connectivity index (χ0v) is 19.4. The minimum Gasteiger partial charge on any atom is -0.497 e. The lowest BCUT2D eigenvalue weighted by Crippen LogP contribution is -2.48. The summed E-state index contributed by atoms with van der Waals surface area (Å²) in [6, 6.07) is 13.7. The molecule has 1 fully saturated rings. The summed E-state index contributed by atoms with van der Waals surface area (Å²) >= 11 is 3.46. The van der Waals surface area contributed by atoms with Gasteiger partial charge in [0.15, 0.2) is 0 Å². The normalized spacial score (nSPS) is 13.5. The van der Waals surface area contributed by atoms with Gasteiger partial charge >= 0.3 is 11.9 Å². The molecule has 1 heterocycles. The standard InChI is InChI=1S/C20H23BrN2O3.C2H2O4/c1-25-18-11-16(12-19(13-18)26-2)20(24)23-9-7-22(8-10-23)14-15-3-5-17(21)6-4-15;3-1(4)2(5)6/h3-6,11-13H,7-10,14H2,1-2H3;(H,3,4)(H,5,6).